The molecule has 1 rings (SSSR count). The van der Waals surface area contributed by atoms with Crippen molar-refractivity contribution in [3.63, 3.8) is 0 Å². The molecule has 1 fully saturated rings. The molecular formula is C7H13NO3. The third-order valence-corrected chi connectivity index (χ3v) is 1.07. The van der Waals surface area contributed by atoms with E-state index in [2.05, 4.69) is 4.74 Å². The number of hydrogen-bond acceptors (Lipinski definition) is 4. The fourth-order valence-corrected chi connectivity index (χ4v) is 0.347. The van der Waals surface area contributed by atoms with E-state index < -0.39 is 0 Å². The van der Waals surface area contributed by atoms with Gasteiger partial charge >= 0.3 is 0 Å². The van der Waals surface area contributed by atoms with Gasteiger partial charge in [-0.3, -0.25) is 0 Å². The highest BCUT2D eigenvalue weighted by Gasteiger charge is 1.93. The predicted octanol–water partition coefficient (Wildman–Crippen LogP) is 0.536. The van der Waals surface area contributed by atoms with Crippen molar-refractivity contribution >= 4 is 0 Å². The average Bonchev–Trinajstić information content (AvgIpc) is 2.60. The molecule has 1 aliphatic heterocycles. The second-order valence-electron chi connectivity index (χ2n) is 1.94. The van der Waals surface area contributed by atoms with Gasteiger partial charge < -0.3 is 14.2 Å². The fraction of sp³-hybridized carbons (Fsp3) is 0.857. The third kappa shape index (κ3) is 7.26. The van der Waals surface area contributed by atoms with Crippen molar-refractivity contribution in [3.05, 3.63) is 0 Å². The molecule has 0 aromatic heterocycles. The van der Waals surface area contributed by atoms with Gasteiger partial charge in [-0.05, 0) is 6.92 Å². The van der Waals surface area contributed by atoms with Gasteiger partial charge in [0.1, 0.15) is 12.9 Å². The molecule has 0 aromatic rings. The van der Waals surface area contributed by atoms with E-state index >= 15 is 0 Å². The van der Waals surface area contributed by atoms with Crippen LogP contribution in [0.1, 0.15) is 6.92 Å². The molecule has 0 aliphatic carbocycles. The summed E-state index contributed by atoms with van der Waals surface area (Å²) in [4.78, 5) is 0. The minimum Gasteiger partial charge on any atom is -0.367 e. The van der Waals surface area contributed by atoms with E-state index in [1.54, 1.807) is 6.92 Å². The first-order chi connectivity index (χ1) is 5.31. The quantitative estimate of drug-likeness (QED) is 0.560. The maximum absolute atomic E-state index is 7.96. The largest absolute Gasteiger partial charge is 0.367 e. The number of nitrogens with zero attached hydrogens (tertiary/aromatic N) is 1. The molecule has 64 valence electrons. The summed E-state index contributed by atoms with van der Waals surface area (Å²) in [5.41, 5.74) is 0. The van der Waals surface area contributed by atoms with Crippen LogP contribution in [-0.4, -0.2) is 33.2 Å². The van der Waals surface area contributed by atoms with Crippen molar-refractivity contribution in [1.29, 1.82) is 5.26 Å². The van der Waals surface area contributed by atoms with Gasteiger partial charge in [-0.15, -0.1) is 0 Å². The summed E-state index contributed by atoms with van der Waals surface area (Å²) < 4.78 is 14.0. The van der Waals surface area contributed by atoms with Crippen molar-refractivity contribution in [2.24, 2.45) is 0 Å². The minimum atomic E-state index is -0.259. The van der Waals surface area contributed by atoms with E-state index in [0.29, 0.717) is 6.79 Å². The maximum atomic E-state index is 7.96. The van der Waals surface area contributed by atoms with Crippen LogP contribution in [0, 0.1) is 11.3 Å². The van der Waals surface area contributed by atoms with Crippen LogP contribution in [0.5, 0.6) is 0 Å². The first-order valence-electron chi connectivity index (χ1n) is 3.39. The van der Waals surface area contributed by atoms with Gasteiger partial charge in [-0.2, -0.15) is 5.26 Å². The monoisotopic (exact) mass is 159 g/mol. The molecule has 0 bridgehead atoms. The molecular weight excluding hydrogens is 146 g/mol. The normalized spacial score (nSPS) is 17.9. The summed E-state index contributed by atoms with van der Waals surface area (Å²) in [7, 11) is 1.51. The van der Waals surface area contributed by atoms with Crippen LogP contribution in [0.4, 0.5) is 0 Å². The van der Waals surface area contributed by atoms with Crippen LogP contribution in [0.3, 0.4) is 0 Å². The van der Waals surface area contributed by atoms with Crippen molar-refractivity contribution < 1.29 is 14.2 Å². The first-order valence-corrected chi connectivity index (χ1v) is 3.39. The Bertz CT molecular complexity index is 110. The molecule has 0 amide bonds. The Kier molecular flexibility index (Phi) is 7.05. The van der Waals surface area contributed by atoms with Gasteiger partial charge in [-0.25, -0.2) is 0 Å². The summed E-state index contributed by atoms with van der Waals surface area (Å²) in [5.74, 6) is 0. The zero-order chi connectivity index (χ0) is 8.53. The lowest BCUT2D eigenvalue weighted by Crippen LogP contribution is -1.97. The second-order valence-corrected chi connectivity index (χ2v) is 1.94. The van der Waals surface area contributed by atoms with Crippen molar-refractivity contribution in [2.45, 2.75) is 13.0 Å². The lowest BCUT2D eigenvalue weighted by atomic mass is 10.5. The second kappa shape index (κ2) is 7.48. The molecule has 1 saturated heterocycles. The number of methoxy groups -OCH3 is 1. The zero-order valence-corrected chi connectivity index (χ0v) is 6.87. The summed E-state index contributed by atoms with van der Waals surface area (Å²) in [6, 6.07) is 1.89. The van der Waals surface area contributed by atoms with Crippen molar-refractivity contribution in [2.75, 3.05) is 27.1 Å². The number of hydrogen-bond donors (Lipinski definition) is 0. The zero-order valence-electron chi connectivity index (χ0n) is 6.87. The fourth-order valence-electron chi connectivity index (χ4n) is 0.347. The molecule has 1 unspecified atom stereocenters. The molecule has 0 radical (unpaired) electrons. The third-order valence-electron chi connectivity index (χ3n) is 1.07. The Morgan fingerprint density at radius 3 is 2.09 bits per heavy atom. The lowest BCUT2D eigenvalue weighted by Gasteiger charge is -1.91. The molecule has 0 saturated carbocycles. The molecule has 4 heteroatoms. The Balaban J connectivity index is 0.000000183. The highest BCUT2D eigenvalue weighted by Crippen LogP contribution is 1.85. The van der Waals surface area contributed by atoms with Gasteiger partial charge in [0.25, 0.3) is 0 Å². The molecule has 1 atom stereocenters. The number of ether oxygens (including phenoxy) is 3. The average molecular weight is 159 g/mol. The van der Waals surface area contributed by atoms with E-state index in [-0.39, 0.29) is 6.10 Å². The minimum absolute atomic E-state index is 0.259. The number of rotatable bonds is 1. The molecule has 1 aliphatic rings. The van der Waals surface area contributed by atoms with E-state index in [1.807, 2.05) is 6.07 Å². The van der Waals surface area contributed by atoms with Crippen LogP contribution in [-0.2, 0) is 14.2 Å². The molecule has 0 aromatic carbocycles. The Morgan fingerprint density at radius 1 is 1.45 bits per heavy atom. The highest BCUT2D eigenvalue weighted by atomic mass is 16.7. The number of nitriles is 1. The summed E-state index contributed by atoms with van der Waals surface area (Å²) in [6.07, 6.45) is -0.259. The predicted molar refractivity (Wildman–Crippen MR) is 38.9 cm³/mol. The lowest BCUT2D eigenvalue weighted by molar-refractivity contribution is 0.0692. The molecule has 1 heterocycles. The van der Waals surface area contributed by atoms with E-state index in [0.717, 1.165) is 13.2 Å². The van der Waals surface area contributed by atoms with Gasteiger partial charge in [0.15, 0.2) is 0 Å². The van der Waals surface area contributed by atoms with Gasteiger partial charge in [0.2, 0.25) is 0 Å². The van der Waals surface area contributed by atoms with Crippen molar-refractivity contribution in [3.8, 4) is 6.07 Å². The first kappa shape index (κ1) is 10.4. The molecule has 4 nitrogen and oxygen atoms in total. The Labute approximate surface area is 66.7 Å². The smallest absolute Gasteiger partial charge is 0.146 e. The topological polar surface area (TPSA) is 51.5 Å². The van der Waals surface area contributed by atoms with Crippen LogP contribution < -0.4 is 0 Å². The Hall–Kier alpha value is -0.630. The van der Waals surface area contributed by atoms with Crippen LogP contribution in [0.2, 0.25) is 0 Å². The summed E-state index contributed by atoms with van der Waals surface area (Å²) >= 11 is 0. The SMILES string of the molecule is C1COCO1.COC(C)C#N. The van der Waals surface area contributed by atoms with Gasteiger partial charge in [-0.1, -0.05) is 0 Å². The summed E-state index contributed by atoms with van der Waals surface area (Å²) in [6.45, 7) is 3.75. The molecule has 11 heavy (non-hydrogen) atoms. The van der Waals surface area contributed by atoms with E-state index in [1.165, 1.54) is 7.11 Å². The van der Waals surface area contributed by atoms with E-state index in [4.69, 9.17) is 14.7 Å². The van der Waals surface area contributed by atoms with E-state index in [9.17, 15) is 0 Å². The molecule has 0 spiro atoms. The van der Waals surface area contributed by atoms with Crippen LogP contribution in [0.25, 0.3) is 0 Å². The van der Waals surface area contributed by atoms with Crippen molar-refractivity contribution in [1.82, 2.24) is 0 Å². The van der Waals surface area contributed by atoms with Crippen LogP contribution >= 0.6 is 0 Å². The van der Waals surface area contributed by atoms with Gasteiger partial charge in [0, 0.05) is 7.11 Å². The maximum Gasteiger partial charge on any atom is 0.146 e. The summed E-state index contributed by atoms with van der Waals surface area (Å²) in [5, 5.41) is 7.96. The van der Waals surface area contributed by atoms with Gasteiger partial charge in [0.05, 0.1) is 19.3 Å². The highest BCUT2D eigenvalue weighted by molar-refractivity contribution is 4.77. The van der Waals surface area contributed by atoms with Crippen LogP contribution in [0.15, 0.2) is 0 Å². The standard InChI is InChI=1S/C4H7NO.C3H6O2/c1-4(3-5)6-2;1-2-5-3-4-1/h4H,1-2H3;1-3H2. The Morgan fingerprint density at radius 2 is 2.00 bits per heavy atom. The molecule has 0 N–H and O–H groups in total.